The number of ether oxygens (including phenoxy) is 1. The van der Waals surface area contributed by atoms with Gasteiger partial charge >= 0.3 is 0 Å². The largest absolute Gasteiger partial charge is 0.495 e. The highest BCUT2D eigenvalue weighted by Gasteiger charge is 2.25. The number of para-hydroxylation sites is 1. The maximum Gasteiger partial charge on any atom is 0.264 e. The number of nitrogens with one attached hydrogen (secondary N) is 1. The number of halogens is 1. The molecule has 0 atom stereocenters. The molecule has 0 heterocycles. The molecule has 0 bridgehead atoms. The van der Waals surface area contributed by atoms with Crippen LogP contribution in [0.4, 0.5) is 15.8 Å². The first-order chi connectivity index (χ1) is 15.3. The van der Waals surface area contributed by atoms with Crippen LogP contribution < -0.4 is 14.4 Å². The monoisotopic (exact) mass is 454 g/mol. The molecule has 0 saturated heterocycles. The quantitative estimate of drug-likeness (QED) is 0.501. The number of amides is 1. The summed E-state index contributed by atoms with van der Waals surface area (Å²) >= 11 is 0. The van der Waals surface area contributed by atoms with E-state index < -0.39 is 15.9 Å². The minimum absolute atomic E-state index is 0.0156. The summed E-state index contributed by atoms with van der Waals surface area (Å²) in [6.07, 6.45) is 2.80. The van der Waals surface area contributed by atoms with Gasteiger partial charge in [0, 0.05) is 12.6 Å². The predicted octanol–water partition coefficient (Wildman–Crippen LogP) is 4.70. The molecular formula is C24H23FN2O4S. The van der Waals surface area contributed by atoms with Crippen molar-refractivity contribution in [3.8, 4) is 5.75 Å². The molecule has 0 fully saturated rings. The van der Waals surface area contributed by atoms with Crippen LogP contribution in [0.15, 0.2) is 83.8 Å². The fourth-order valence-corrected chi connectivity index (χ4v) is 4.58. The van der Waals surface area contributed by atoms with Gasteiger partial charge in [0.15, 0.2) is 0 Å². The molecule has 32 heavy (non-hydrogen) atoms. The summed E-state index contributed by atoms with van der Waals surface area (Å²) in [6, 6.07) is 18.7. The van der Waals surface area contributed by atoms with Gasteiger partial charge in [0.1, 0.15) is 11.6 Å². The van der Waals surface area contributed by atoms with Crippen LogP contribution in [0.5, 0.6) is 5.75 Å². The molecule has 0 unspecified atom stereocenters. The van der Waals surface area contributed by atoms with E-state index in [-0.39, 0.29) is 22.9 Å². The zero-order valence-electron chi connectivity index (χ0n) is 17.7. The van der Waals surface area contributed by atoms with E-state index in [1.54, 1.807) is 31.2 Å². The van der Waals surface area contributed by atoms with Crippen molar-refractivity contribution in [2.45, 2.75) is 11.8 Å². The van der Waals surface area contributed by atoms with E-state index in [2.05, 4.69) is 5.32 Å². The van der Waals surface area contributed by atoms with E-state index >= 15 is 0 Å². The normalized spacial score (nSPS) is 11.3. The van der Waals surface area contributed by atoms with Crippen LogP contribution in [0, 0.1) is 5.82 Å². The van der Waals surface area contributed by atoms with Gasteiger partial charge in [-0.1, -0.05) is 30.3 Å². The Kier molecular flexibility index (Phi) is 7.27. The highest BCUT2D eigenvalue weighted by molar-refractivity contribution is 7.92. The van der Waals surface area contributed by atoms with Crippen LogP contribution in [-0.2, 0) is 14.8 Å². The molecule has 1 N–H and O–H groups in total. The molecule has 6 nitrogen and oxygen atoms in total. The fourth-order valence-electron chi connectivity index (χ4n) is 3.08. The summed E-state index contributed by atoms with van der Waals surface area (Å²) in [4.78, 5) is 12.4. The first kappa shape index (κ1) is 23.0. The molecule has 0 aliphatic carbocycles. The third-order valence-corrected chi connectivity index (χ3v) is 6.54. The second-order valence-electron chi connectivity index (χ2n) is 6.74. The average Bonchev–Trinajstić information content (AvgIpc) is 2.79. The Morgan fingerprint density at radius 1 is 1.06 bits per heavy atom. The number of rotatable bonds is 8. The van der Waals surface area contributed by atoms with Crippen LogP contribution in [0.1, 0.15) is 12.5 Å². The van der Waals surface area contributed by atoms with E-state index in [4.69, 9.17) is 4.74 Å². The van der Waals surface area contributed by atoms with Crippen LogP contribution in [0.2, 0.25) is 0 Å². The number of benzene rings is 3. The number of carbonyl (C=O) groups is 1. The number of nitrogens with zero attached hydrogens (tertiary/aromatic N) is 1. The summed E-state index contributed by atoms with van der Waals surface area (Å²) < 4.78 is 46.1. The van der Waals surface area contributed by atoms with Gasteiger partial charge in [0.25, 0.3) is 10.0 Å². The van der Waals surface area contributed by atoms with Gasteiger partial charge in [-0.05, 0) is 61.0 Å². The Balaban J connectivity index is 1.87. The van der Waals surface area contributed by atoms with Crippen molar-refractivity contribution in [1.29, 1.82) is 0 Å². The van der Waals surface area contributed by atoms with Crippen molar-refractivity contribution < 1.29 is 22.3 Å². The Hall–Kier alpha value is -3.65. The maximum absolute atomic E-state index is 13.3. The van der Waals surface area contributed by atoms with E-state index in [1.807, 2.05) is 6.07 Å². The minimum Gasteiger partial charge on any atom is -0.495 e. The molecule has 3 aromatic rings. The maximum atomic E-state index is 13.3. The van der Waals surface area contributed by atoms with E-state index in [0.717, 1.165) is 0 Å². The van der Waals surface area contributed by atoms with Crippen molar-refractivity contribution in [3.63, 3.8) is 0 Å². The molecule has 166 valence electrons. The second kappa shape index (κ2) is 10.1. The van der Waals surface area contributed by atoms with Gasteiger partial charge in [-0.25, -0.2) is 12.8 Å². The molecule has 0 aliphatic heterocycles. The van der Waals surface area contributed by atoms with Gasteiger partial charge in [-0.2, -0.15) is 0 Å². The predicted molar refractivity (Wildman–Crippen MR) is 124 cm³/mol. The first-order valence-corrected chi connectivity index (χ1v) is 11.3. The van der Waals surface area contributed by atoms with Crippen LogP contribution in [0.25, 0.3) is 6.08 Å². The van der Waals surface area contributed by atoms with E-state index in [1.165, 1.54) is 66.0 Å². The number of carbonyl (C=O) groups excluding carboxylic acids is 1. The Morgan fingerprint density at radius 2 is 1.75 bits per heavy atom. The van der Waals surface area contributed by atoms with Crippen LogP contribution >= 0.6 is 0 Å². The minimum atomic E-state index is -3.87. The number of hydrogen-bond donors (Lipinski definition) is 1. The molecule has 0 spiro atoms. The molecule has 0 aromatic heterocycles. The summed E-state index contributed by atoms with van der Waals surface area (Å²) in [5.41, 5.74) is 1.40. The summed E-state index contributed by atoms with van der Waals surface area (Å²) in [5, 5.41) is 2.64. The average molecular weight is 455 g/mol. The molecule has 3 rings (SSSR count). The number of anilines is 2. The fraction of sp³-hybridized carbons (Fsp3) is 0.125. The summed E-state index contributed by atoms with van der Waals surface area (Å²) in [7, 11) is -2.45. The Bertz CT molecular complexity index is 1210. The third-order valence-electron chi connectivity index (χ3n) is 4.65. The van der Waals surface area contributed by atoms with E-state index in [0.29, 0.717) is 17.0 Å². The standard InChI is InChI=1S/C24H23FN2O4S/c1-3-27(20-7-5-4-6-8-20)32(29,30)21-14-15-23(31-2)22(17-21)26-24(28)16-11-18-9-12-19(25)13-10-18/h4-17H,3H2,1-2H3,(H,26,28)/b16-11+. The highest BCUT2D eigenvalue weighted by Crippen LogP contribution is 2.30. The van der Waals surface area contributed by atoms with Gasteiger partial charge in [0.2, 0.25) is 5.91 Å². The smallest absolute Gasteiger partial charge is 0.264 e. The molecule has 0 saturated carbocycles. The molecule has 1 amide bonds. The van der Waals surface area contributed by atoms with Crippen LogP contribution in [-0.4, -0.2) is 28.0 Å². The molecule has 8 heteroatoms. The highest BCUT2D eigenvalue weighted by atomic mass is 32.2. The Labute approximate surface area is 187 Å². The zero-order chi connectivity index (χ0) is 23.1. The van der Waals surface area contributed by atoms with Crippen LogP contribution in [0.3, 0.4) is 0 Å². The number of hydrogen-bond acceptors (Lipinski definition) is 4. The van der Waals surface area contributed by atoms with E-state index in [9.17, 15) is 17.6 Å². The molecular weight excluding hydrogens is 431 g/mol. The third kappa shape index (κ3) is 5.33. The van der Waals surface area contributed by atoms with Gasteiger partial charge in [-0.3, -0.25) is 9.10 Å². The number of methoxy groups -OCH3 is 1. The van der Waals surface area contributed by atoms with Crippen molar-refractivity contribution in [3.05, 3.63) is 90.3 Å². The van der Waals surface area contributed by atoms with Crippen molar-refractivity contribution in [1.82, 2.24) is 0 Å². The lowest BCUT2D eigenvalue weighted by atomic mass is 10.2. The van der Waals surface area contributed by atoms with Crippen molar-refractivity contribution in [2.24, 2.45) is 0 Å². The lowest BCUT2D eigenvalue weighted by Crippen LogP contribution is -2.30. The van der Waals surface area contributed by atoms with Gasteiger partial charge in [-0.15, -0.1) is 0 Å². The SMILES string of the molecule is CCN(c1ccccc1)S(=O)(=O)c1ccc(OC)c(NC(=O)/C=C/c2ccc(F)cc2)c1. The molecule has 3 aromatic carbocycles. The summed E-state index contributed by atoms with van der Waals surface area (Å²) in [5.74, 6) is -0.543. The first-order valence-electron chi connectivity index (χ1n) is 9.85. The topological polar surface area (TPSA) is 75.7 Å². The Morgan fingerprint density at radius 3 is 2.38 bits per heavy atom. The number of sulfonamides is 1. The molecule has 0 aliphatic rings. The van der Waals surface area contributed by atoms with Crippen molar-refractivity contribution >= 4 is 33.4 Å². The second-order valence-corrected chi connectivity index (χ2v) is 8.60. The van der Waals surface area contributed by atoms with Crippen molar-refractivity contribution in [2.75, 3.05) is 23.3 Å². The zero-order valence-corrected chi connectivity index (χ0v) is 18.5. The van der Waals surface area contributed by atoms with Gasteiger partial charge in [0.05, 0.1) is 23.4 Å². The lowest BCUT2D eigenvalue weighted by Gasteiger charge is -2.23. The van der Waals surface area contributed by atoms with Gasteiger partial charge < -0.3 is 10.1 Å². The lowest BCUT2D eigenvalue weighted by molar-refractivity contribution is -0.111. The molecule has 0 radical (unpaired) electrons. The summed E-state index contributed by atoms with van der Waals surface area (Å²) in [6.45, 7) is 1.98.